The first-order chi connectivity index (χ1) is 8.85. The molecule has 19 heavy (non-hydrogen) atoms. The van der Waals surface area contributed by atoms with Gasteiger partial charge in [0.1, 0.15) is 22.0 Å². The van der Waals surface area contributed by atoms with Gasteiger partial charge >= 0.3 is 5.97 Å². The van der Waals surface area contributed by atoms with E-state index in [2.05, 4.69) is 0 Å². The minimum Gasteiger partial charge on any atom is -0.478 e. The number of nitrogens with zero attached hydrogens (tertiary/aromatic N) is 1. The molecule has 1 N–H and O–H groups in total. The molecule has 106 valence electrons. The Kier molecular flexibility index (Phi) is 3.93. The van der Waals surface area contributed by atoms with Gasteiger partial charge in [0, 0.05) is 24.6 Å². The highest BCUT2D eigenvalue weighted by Crippen LogP contribution is 2.30. The Bertz CT molecular complexity index is 599. The lowest BCUT2D eigenvalue weighted by atomic mass is 10.2. The lowest BCUT2D eigenvalue weighted by molar-refractivity contribution is 0.0691. The van der Waals surface area contributed by atoms with Crippen LogP contribution in [0.15, 0.2) is 9.31 Å². The summed E-state index contributed by atoms with van der Waals surface area (Å²) in [5, 5.41) is 9.17. The number of sulfonamides is 1. The molecule has 0 atom stereocenters. The predicted octanol–water partition coefficient (Wildman–Crippen LogP) is 1.33. The molecule has 0 saturated carbocycles. The van der Waals surface area contributed by atoms with Crippen LogP contribution in [0.4, 0.5) is 0 Å². The van der Waals surface area contributed by atoms with Crippen LogP contribution in [0.1, 0.15) is 21.9 Å². The SMILES string of the molecule is Cc1oc(C)c(S(=O)(=O)N2CCSCC2)c1C(=O)O. The topological polar surface area (TPSA) is 87.8 Å². The molecule has 1 saturated heterocycles. The summed E-state index contributed by atoms with van der Waals surface area (Å²) in [5.41, 5.74) is -0.254. The van der Waals surface area contributed by atoms with Gasteiger partial charge in [-0.25, -0.2) is 13.2 Å². The zero-order valence-electron chi connectivity index (χ0n) is 10.7. The van der Waals surface area contributed by atoms with Crippen molar-refractivity contribution in [1.82, 2.24) is 4.31 Å². The summed E-state index contributed by atoms with van der Waals surface area (Å²) >= 11 is 1.68. The quantitative estimate of drug-likeness (QED) is 0.906. The van der Waals surface area contributed by atoms with Crippen LogP contribution < -0.4 is 0 Å². The van der Waals surface area contributed by atoms with Gasteiger partial charge in [0.25, 0.3) is 0 Å². The van der Waals surface area contributed by atoms with Crippen LogP contribution in [0.3, 0.4) is 0 Å². The molecule has 0 aromatic carbocycles. The van der Waals surface area contributed by atoms with Crippen molar-refractivity contribution in [1.29, 1.82) is 0 Å². The predicted molar refractivity (Wildman–Crippen MR) is 71.2 cm³/mol. The fourth-order valence-electron chi connectivity index (χ4n) is 2.14. The Morgan fingerprint density at radius 1 is 1.26 bits per heavy atom. The minimum absolute atomic E-state index is 0.120. The highest BCUT2D eigenvalue weighted by atomic mass is 32.2. The van der Waals surface area contributed by atoms with Crippen LogP contribution in [-0.2, 0) is 10.0 Å². The van der Waals surface area contributed by atoms with Crippen molar-refractivity contribution in [3.8, 4) is 0 Å². The number of thioether (sulfide) groups is 1. The fourth-order valence-corrected chi connectivity index (χ4v) is 5.09. The number of rotatable bonds is 3. The third-order valence-electron chi connectivity index (χ3n) is 2.99. The second-order valence-electron chi connectivity index (χ2n) is 4.24. The average Bonchev–Trinajstić information content (AvgIpc) is 2.66. The monoisotopic (exact) mass is 305 g/mol. The summed E-state index contributed by atoms with van der Waals surface area (Å²) < 4.78 is 31.6. The maximum atomic E-state index is 12.5. The van der Waals surface area contributed by atoms with E-state index in [1.807, 2.05) is 0 Å². The molecule has 2 rings (SSSR count). The van der Waals surface area contributed by atoms with Crippen LogP contribution in [0.5, 0.6) is 0 Å². The van der Waals surface area contributed by atoms with Crippen LogP contribution >= 0.6 is 11.8 Å². The molecule has 8 heteroatoms. The largest absolute Gasteiger partial charge is 0.478 e. The van der Waals surface area contributed by atoms with Crippen molar-refractivity contribution in [2.24, 2.45) is 0 Å². The normalized spacial score (nSPS) is 17.6. The third kappa shape index (κ3) is 2.52. The minimum atomic E-state index is -3.80. The second kappa shape index (κ2) is 5.18. The standard InChI is InChI=1S/C11H15NO5S2/c1-7-9(11(13)14)10(8(2)17-7)19(15,16)12-3-5-18-6-4-12/h3-6H2,1-2H3,(H,13,14). The van der Waals surface area contributed by atoms with Gasteiger partial charge in [-0.05, 0) is 13.8 Å². The van der Waals surface area contributed by atoms with Crippen molar-refractivity contribution < 1.29 is 22.7 Å². The zero-order chi connectivity index (χ0) is 14.2. The van der Waals surface area contributed by atoms with Crippen molar-refractivity contribution >= 4 is 27.8 Å². The van der Waals surface area contributed by atoms with Crippen LogP contribution in [0.2, 0.25) is 0 Å². The average molecular weight is 305 g/mol. The first-order valence-electron chi connectivity index (χ1n) is 5.77. The molecule has 0 aliphatic carbocycles. The number of hydrogen-bond acceptors (Lipinski definition) is 5. The van der Waals surface area contributed by atoms with Gasteiger partial charge in [0.05, 0.1) is 0 Å². The molecule has 6 nitrogen and oxygen atoms in total. The third-order valence-corrected chi connectivity index (χ3v) is 5.98. The van der Waals surface area contributed by atoms with E-state index in [9.17, 15) is 18.3 Å². The Morgan fingerprint density at radius 3 is 2.37 bits per heavy atom. The van der Waals surface area contributed by atoms with Gasteiger partial charge in [-0.1, -0.05) is 0 Å². The zero-order valence-corrected chi connectivity index (χ0v) is 12.3. The summed E-state index contributed by atoms with van der Waals surface area (Å²) in [4.78, 5) is 11.0. The molecule has 0 unspecified atom stereocenters. The lowest BCUT2D eigenvalue weighted by Crippen LogP contribution is -2.38. The highest BCUT2D eigenvalue weighted by molar-refractivity contribution is 7.99. The summed E-state index contributed by atoms with van der Waals surface area (Å²) in [5.74, 6) is 0.414. The van der Waals surface area contributed by atoms with E-state index in [0.29, 0.717) is 13.1 Å². The van der Waals surface area contributed by atoms with Crippen molar-refractivity contribution in [2.45, 2.75) is 18.7 Å². The van der Waals surface area contributed by atoms with Gasteiger partial charge in [-0.2, -0.15) is 16.1 Å². The van der Waals surface area contributed by atoms with Crippen LogP contribution in [-0.4, -0.2) is 48.4 Å². The summed E-state index contributed by atoms with van der Waals surface area (Å²) in [6.45, 7) is 3.73. The van der Waals surface area contributed by atoms with E-state index < -0.39 is 16.0 Å². The van der Waals surface area contributed by atoms with E-state index in [4.69, 9.17) is 4.42 Å². The van der Waals surface area contributed by atoms with Gasteiger partial charge in [-0.15, -0.1) is 0 Å². The molecular formula is C11H15NO5S2. The maximum Gasteiger partial charge on any atom is 0.340 e. The summed E-state index contributed by atoms with van der Waals surface area (Å²) in [7, 11) is -3.80. The maximum absolute atomic E-state index is 12.5. The van der Waals surface area contributed by atoms with Gasteiger partial charge < -0.3 is 9.52 Å². The van der Waals surface area contributed by atoms with Gasteiger partial charge in [0.2, 0.25) is 10.0 Å². The Balaban J connectivity index is 2.54. The number of carboxylic acids is 1. The molecule has 2 heterocycles. The molecule has 0 radical (unpaired) electrons. The van der Waals surface area contributed by atoms with E-state index in [0.717, 1.165) is 11.5 Å². The smallest absolute Gasteiger partial charge is 0.340 e. The lowest BCUT2D eigenvalue weighted by Gasteiger charge is -2.25. The molecule has 0 spiro atoms. The van der Waals surface area contributed by atoms with Gasteiger partial charge in [0.15, 0.2) is 0 Å². The Morgan fingerprint density at radius 2 is 1.84 bits per heavy atom. The first kappa shape index (κ1) is 14.4. The van der Waals surface area contributed by atoms with E-state index in [1.54, 1.807) is 11.8 Å². The molecule has 0 bridgehead atoms. The number of aromatic carboxylic acids is 1. The first-order valence-corrected chi connectivity index (χ1v) is 8.36. The molecular weight excluding hydrogens is 290 g/mol. The number of carboxylic acid groups (broad SMARTS) is 1. The second-order valence-corrected chi connectivity index (χ2v) is 7.34. The molecule has 1 fully saturated rings. The van der Waals surface area contributed by atoms with Crippen LogP contribution in [0.25, 0.3) is 0 Å². The van der Waals surface area contributed by atoms with Crippen molar-refractivity contribution in [3.63, 3.8) is 0 Å². The van der Waals surface area contributed by atoms with Gasteiger partial charge in [-0.3, -0.25) is 0 Å². The molecule has 0 amide bonds. The van der Waals surface area contributed by atoms with Crippen LogP contribution in [0, 0.1) is 13.8 Å². The summed E-state index contributed by atoms with van der Waals surface area (Å²) in [6.07, 6.45) is 0. The number of aryl methyl sites for hydroxylation is 2. The molecule has 1 aromatic heterocycles. The number of hydrogen-bond donors (Lipinski definition) is 1. The van der Waals surface area contributed by atoms with Crippen molar-refractivity contribution in [3.05, 3.63) is 17.1 Å². The van der Waals surface area contributed by atoms with E-state index >= 15 is 0 Å². The fraction of sp³-hybridized carbons (Fsp3) is 0.545. The molecule has 1 aliphatic heterocycles. The molecule has 1 aromatic rings. The Labute approximate surface area is 115 Å². The van der Waals surface area contributed by atoms with Crippen molar-refractivity contribution in [2.75, 3.05) is 24.6 Å². The number of furan rings is 1. The Hall–Kier alpha value is -0.990. The summed E-state index contributed by atoms with van der Waals surface area (Å²) in [6, 6.07) is 0. The molecule has 1 aliphatic rings. The highest BCUT2D eigenvalue weighted by Gasteiger charge is 2.35. The number of carbonyl (C=O) groups is 1. The van der Waals surface area contributed by atoms with E-state index in [-0.39, 0.29) is 22.0 Å². The van der Waals surface area contributed by atoms with E-state index in [1.165, 1.54) is 18.2 Å².